The number of carbonyl (C=O) groups excluding carboxylic acids is 2. The lowest BCUT2D eigenvalue weighted by Crippen LogP contribution is -2.39. The van der Waals surface area contributed by atoms with Crippen LogP contribution in [0, 0.1) is 0 Å². The monoisotopic (exact) mass is 388 g/mol. The zero-order chi connectivity index (χ0) is 20.3. The van der Waals surface area contributed by atoms with Crippen LogP contribution in [0.15, 0.2) is 24.7 Å². The number of aromatic nitrogens is 3. The second kappa shape index (κ2) is 8.26. The number of aliphatic hydroxyl groups excluding tert-OH is 1. The van der Waals surface area contributed by atoms with Crippen LogP contribution in [0.2, 0.25) is 0 Å². The lowest BCUT2D eigenvalue weighted by molar-refractivity contribution is 0.0996. The molecule has 2 atom stereocenters. The summed E-state index contributed by atoms with van der Waals surface area (Å²) in [6, 6.07) is 1.02. The van der Waals surface area contributed by atoms with Crippen LogP contribution in [0.25, 0.3) is 0 Å². The average molecular weight is 388 g/mol. The molecule has 28 heavy (non-hydrogen) atoms. The summed E-state index contributed by atoms with van der Waals surface area (Å²) in [5.41, 5.74) is 6.49. The number of aryl methyl sites for hydroxylation is 1. The fourth-order valence-electron chi connectivity index (χ4n) is 3.41. The van der Waals surface area contributed by atoms with E-state index >= 15 is 0 Å². The highest BCUT2D eigenvalue weighted by Crippen LogP contribution is 2.28. The van der Waals surface area contributed by atoms with Crippen LogP contribution < -0.4 is 15.8 Å². The number of primary amides is 1. The molecule has 3 amide bonds. The number of likely N-dealkylation sites (tertiary alicyclic amines) is 1. The molecule has 1 aliphatic heterocycles. The van der Waals surface area contributed by atoms with Crippen molar-refractivity contribution in [2.24, 2.45) is 12.8 Å². The molecule has 0 radical (unpaired) electrons. The molecule has 0 aliphatic carbocycles. The largest absolute Gasteiger partial charge is 0.480 e. The molecular formula is C18H24N6O4. The smallest absolute Gasteiger partial charge is 0.322 e. The Morgan fingerprint density at radius 3 is 2.89 bits per heavy atom. The summed E-state index contributed by atoms with van der Waals surface area (Å²) in [5.74, 6) is -0.594. The number of nitrogens with one attached hydrogen (secondary N) is 1. The first-order valence-electron chi connectivity index (χ1n) is 8.97. The summed E-state index contributed by atoms with van der Waals surface area (Å²) in [4.78, 5) is 29.9. The van der Waals surface area contributed by atoms with E-state index in [-0.39, 0.29) is 23.5 Å². The molecule has 3 rings (SSSR count). The van der Waals surface area contributed by atoms with Crippen molar-refractivity contribution in [2.75, 3.05) is 19.0 Å². The second-order valence-electron chi connectivity index (χ2n) is 6.76. The fraction of sp³-hybridized carbons (Fsp3) is 0.444. The van der Waals surface area contributed by atoms with Gasteiger partial charge in [-0.2, -0.15) is 5.10 Å². The van der Waals surface area contributed by atoms with Gasteiger partial charge in [0.05, 0.1) is 31.3 Å². The number of hydrogen-bond donors (Lipinski definition) is 3. The molecule has 4 N–H and O–H groups in total. The minimum Gasteiger partial charge on any atom is -0.480 e. The van der Waals surface area contributed by atoms with E-state index in [1.54, 1.807) is 29.0 Å². The van der Waals surface area contributed by atoms with Crippen molar-refractivity contribution in [1.29, 1.82) is 0 Å². The summed E-state index contributed by atoms with van der Waals surface area (Å²) in [5, 5.41) is 17.3. The van der Waals surface area contributed by atoms with E-state index in [2.05, 4.69) is 15.4 Å². The lowest BCUT2D eigenvalue weighted by Gasteiger charge is -2.26. The zero-order valence-electron chi connectivity index (χ0n) is 15.8. The summed E-state index contributed by atoms with van der Waals surface area (Å²) in [6.07, 6.45) is 6.17. The van der Waals surface area contributed by atoms with Crippen molar-refractivity contribution in [3.8, 4) is 5.88 Å². The van der Waals surface area contributed by atoms with Crippen LogP contribution >= 0.6 is 0 Å². The van der Waals surface area contributed by atoms with Gasteiger partial charge in [-0.3, -0.25) is 9.48 Å². The topological polar surface area (TPSA) is 136 Å². The van der Waals surface area contributed by atoms with Gasteiger partial charge in [0.15, 0.2) is 0 Å². The zero-order valence-corrected chi connectivity index (χ0v) is 15.8. The van der Waals surface area contributed by atoms with Gasteiger partial charge in [-0.1, -0.05) is 0 Å². The van der Waals surface area contributed by atoms with Crippen LogP contribution in [-0.2, 0) is 7.05 Å². The molecule has 2 unspecified atom stereocenters. The molecule has 1 saturated heterocycles. The quantitative estimate of drug-likeness (QED) is 0.677. The summed E-state index contributed by atoms with van der Waals surface area (Å²) < 4.78 is 6.63. The molecule has 2 aromatic rings. The van der Waals surface area contributed by atoms with Gasteiger partial charge >= 0.3 is 6.03 Å². The molecule has 10 nitrogen and oxygen atoms in total. The number of rotatable bonds is 6. The molecule has 150 valence electrons. The van der Waals surface area contributed by atoms with Crippen molar-refractivity contribution in [3.63, 3.8) is 0 Å². The Balaban J connectivity index is 1.68. The Bertz CT molecular complexity index is 868. The van der Waals surface area contributed by atoms with Gasteiger partial charge in [0.1, 0.15) is 5.56 Å². The first-order valence-corrected chi connectivity index (χ1v) is 8.97. The number of aliphatic hydroxyl groups is 1. The third kappa shape index (κ3) is 4.22. The first kappa shape index (κ1) is 19.6. The first-order chi connectivity index (χ1) is 13.4. The van der Waals surface area contributed by atoms with Crippen molar-refractivity contribution in [3.05, 3.63) is 35.8 Å². The molecule has 1 aliphatic rings. The molecule has 0 saturated carbocycles. The highest BCUT2D eigenvalue weighted by atomic mass is 16.5. The van der Waals surface area contributed by atoms with Crippen LogP contribution in [0.3, 0.4) is 0 Å². The van der Waals surface area contributed by atoms with Gasteiger partial charge < -0.3 is 25.8 Å². The van der Waals surface area contributed by atoms with Crippen LogP contribution in [0.1, 0.15) is 41.3 Å². The Kier molecular flexibility index (Phi) is 5.78. The molecule has 1 fully saturated rings. The number of amides is 3. The molecule has 2 aromatic heterocycles. The highest BCUT2D eigenvalue weighted by molar-refractivity contribution is 5.97. The Morgan fingerprint density at radius 1 is 1.46 bits per heavy atom. The number of carbonyl (C=O) groups is 2. The maximum Gasteiger partial charge on any atom is 0.322 e. The number of nitrogens with zero attached hydrogens (tertiary/aromatic N) is 4. The van der Waals surface area contributed by atoms with Gasteiger partial charge in [-0.15, -0.1) is 0 Å². The maximum absolute atomic E-state index is 12.7. The third-order valence-corrected chi connectivity index (χ3v) is 4.80. The minimum absolute atomic E-state index is 0.0882. The third-order valence-electron chi connectivity index (χ3n) is 4.80. The van der Waals surface area contributed by atoms with Gasteiger partial charge in [0, 0.05) is 31.4 Å². The molecule has 3 heterocycles. The van der Waals surface area contributed by atoms with Gasteiger partial charge in [0.2, 0.25) is 5.88 Å². The van der Waals surface area contributed by atoms with E-state index in [1.807, 2.05) is 0 Å². The fourth-order valence-corrected chi connectivity index (χ4v) is 3.41. The van der Waals surface area contributed by atoms with Gasteiger partial charge in [0.25, 0.3) is 5.91 Å². The summed E-state index contributed by atoms with van der Waals surface area (Å²) in [7, 11) is 3.17. The standard InChI is InChI=1S/C18H24N6O4/c1-23-10-11(8-21-23)15(25)7-13-4-3-5-24(13)18(27)22-12-6-14(16(19)26)17(28-2)20-9-12/h6,8-10,13,15,25H,3-5,7H2,1-2H3,(H2,19,26)(H,22,27). The van der Waals surface area contributed by atoms with E-state index in [0.29, 0.717) is 18.7 Å². The predicted octanol–water partition coefficient (Wildman–Crippen LogP) is 1.04. The molecule has 0 spiro atoms. The molecule has 0 bridgehead atoms. The SMILES string of the molecule is COc1ncc(NC(=O)N2CCCC2CC(O)c2cnn(C)c2)cc1C(N)=O. The molecule has 10 heteroatoms. The maximum atomic E-state index is 12.7. The minimum atomic E-state index is -0.698. The number of pyridine rings is 1. The number of nitrogens with two attached hydrogens (primary N) is 1. The summed E-state index contributed by atoms with van der Waals surface area (Å²) in [6.45, 7) is 0.586. The number of anilines is 1. The van der Waals surface area contributed by atoms with Crippen molar-refractivity contribution in [2.45, 2.75) is 31.4 Å². The van der Waals surface area contributed by atoms with E-state index in [9.17, 15) is 14.7 Å². The van der Waals surface area contributed by atoms with E-state index < -0.39 is 12.0 Å². The Morgan fingerprint density at radius 2 is 2.25 bits per heavy atom. The number of urea groups is 1. The molecular weight excluding hydrogens is 364 g/mol. The Hall–Kier alpha value is -3.14. The van der Waals surface area contributed by atoms with E-state index in [0.717, 1.165) is 18.4 Å². The average Bonchev–Trinajstić information content (AvgIpc) is 3.30. The number of hydrogen-bond acceptors (Lipinski definition) is 6. The van der Waals surface area contributed by atoms with Crippen molar-refractivity contribution in [1.82, 2.24) is 19.7 Å². The van der Waals surface area contributed by atoms with Crippen molar-refractivity contribution >= 4 is 17.6 Å². The summed E-state index contributed by atoms with van der Waals surface area (Å²) >= 11 is 0. The lowest BCUT2D eigenvalue weighted by atomic mass is 10.0. The van der Waals surface area contributed by atoms with Crippen LogP contribution in [0.4, 0.5) is 10.5 Å². The van der Waals surface area contributed by atoms with Crippen LogP contribution in [-0.4, -0.2) is 56.4 Å². The van der Waals surface area contributed by atoms with Crippen LogP contribution in [0.5, 0.6) is 5.88 Å². The Labute approximate surface area is 162 Å². The van der Waals surface area contributed by atoms with Crippen molar-refractivity contribution < 1.29 is 19.4 Å². The van der Waals surface area contributed by atoms with E-state index in [1.165, 1.54) is 19.4 Å². The molecule has 0 aromatic carbocycles. The number of ether oxygens (including phenoxy) is 1. The van der Waals surface area contributed by atoms with Gasteiger partial charge in [-0.25, -0.2) is 9.78 Å². The van der Waals surface area contributed by atoms with E-state index in [4.69, 9.17) is 10.5 Å². The number of methoxy groups -OCH3 is 1. The predicted molar refractivity (Wildman–Crippen MR) is 101 cm³/mol. The second-order valence-corrected chi connectivity index (χ2v) is 6.76. The highest BCUT2D eigenvalue weighted by Gasteiger charge is 2.31. The normalized spacial score (nSPS) is 17.4. The van der Waals surface area contributed by atoms with Gasteiger partial charge in [-0.05, 0) is 25.3 Å².